The summed E-state index contributed by atoms with van der Waals surface area (Å²) < 4.78 is 29.0. The van der Waals surface area contributed by atoms with Gasteiger partial charge in [0.1, 0.15) is 23.0 Å². The number of pyridine rings is 2. The summed E-state index contributed by atoms with van der Waals surface area (Å²) in [6.45, 7) is 1.61. The molecule has 2 aromatic heterocycles. The molecule has 2 heterocycles. The van der Waals surface area contributed by atoms with Crippen molar-refractivity contribution in [3.8, 4) is 0 Å². The van der Waals surface area contributed by atoms with E-state index < -0.39 is 22.0 Å². The molecule has 218 valence electrons. The lowest BCUT2D eigenvalue weighted by Gasteiger charge is -2.21. The summed E-state index contributed by atoms with van der Waals surface area (Å²) in [6.07, 6.45) is 5.45. The van der Waals surface area contributed by atoms with Crippen molar-refractivity contribution in [2.75, 3.05) is 23.8 Å². The van der Waals surface area contributed by atoms with E-state index in [1.807, 2.05) is 19.1 Å². The summed E-state index contributed by atoms with van der Waals surface area (Å²) in [5.74, 6) is -0.695. The Morgan fingerprint density at radius 3 is 2.41 bits per heavy atom. The fraction of sp³-hybridized carbons (Fsp3) is 0.345. The highest BCUT2D eigenvalue weighted by Gasteiger charge is 2.24. The number of carboxylic acid groups (broad SMARTS) is 1. The van der Waals surface area contributed by atoms with Crippen molar-refractivity contribution in [1.29, 1.82) is 0 Å². The van der Waals surface area contributed by atoms with Crippen LogP contribution in [-0.4, -0.2) is 54.7 Å². The number of hydrogen-bond donors (Lipinski definition) is 3. The van der Waals surface area contributed by atoms with Crippen LogP contribution in [0.15, 0.2) is 71.9 Å². The van der Waals surface area contributed by atoms with Gasteiger partial charge in [-0.1, -0.05) is 25.1 Å². The fourth-order valence-electron chi connectivity index (χ4n) is 4.12. The number of ketones is 1. The molecule has 3 rings (SSSR count). The van der Waals surface area contributed by atoms with Gasteiger partial charge in [-0.15, -0.1) is 0 Å². The van der Waals surface area contributed by atoms with Gasteiger partial charge in [-0.3, -0.25) is 19.4 Å². The first-order chi connectivity index (χ1) is 19.6. The Kier molecular flexibility index (Phi) is 11.5. The number of Topliss-reactive ketones (excluding diaryl/α,β-unsaturated/α-hetero) is 1. The number of anilines is 2. The van der Waals surface area contributed by atoms with E-state index in [0.29, 0.717) is 36.5 Å². The number of carboxylic acids is 1. The zero-order chi connectivity index (χ0) is 29.8. The molecular formula is C29H35N5O6S. The summed E-state index contributed by atoms with van der Waals surface area (Å²) in [5.41, 5.74) is 1.84. The fourth-order valence-corrected chi connectivity index (χ4v) is 5.29. The summed E-state index contributed by atoms with van der Waals surface area (Å²) >= 11 is 0. The average molecular weight is 582 g/mol. The van der Waals surface area contributed by atoms with Crippen molar-refractivity contribution in [3.63, 3.8) is 0 Å². The third kappa shape index (κ3) is 9.76. The molecular weight excluding hydrogens is 546 g/mol. The van der Waals surface area contributed by atoms with Gasteiger partial charge in [0, 0.05) is 44.4 Å². The van der Waals surface area contributed by atoms with E-state index in [-0.39, 0.29) is 36.0 Å². The van der Waals surface area contributed by atoms with Crippen molar-refractivity contribution < 1.29 is 27.9 Å². The first-order valence-corrected chi connectivity index (χ1v) is 14.8. The Morgan fingerprint density at radius 1 is 1.00 bits per heavy atom. The van der Waals surface area contributed by atoms with Gasteiger partial charge in [-0.25, -0.2) is 18.1 Å². The van der Waals surface area contributed by atoms with Gasteiger partial charge in [0.2, 0.25) is 15.9 Å². The molecule has 1 amide bonds. The number of aromatic nitrogens is 2. The lowest BCUT2D eigenvalue weighted by atomic mass is 10.0. The number of sulfonamides is 1. The van der Waals surface area contributed by atoms with Crippen LogP contribution in [0.2, 0.25) is 0 Å². The van der Waals surface area contributed by atoms with Crippen LogP contribution in [0.5, 0.6) is 0 Å². The quantitative estimate of drug-likeness (QED) is 0.229. The van der Waals surface area contributed by atoms with Gasteiger partial charge in [0.15, 0.2) is 0 Å². The SMILES string of the molecule is CCCC(=O)CCCC(=O)N(C)c1ccc(CC(NS(=O)(=O)c2cccnc2)c2cccc(NCC(=O)O)n2)cc1. The van der Waals surface area contributed by atoms with Crippen molar-refractivity contribution in [2.45, 2.75) is 56.4 Å². The second kappa shape index (κ2) is 15.0. The highest BCUT2D eigenvalue weighted by Crippen LogP contribution is 2.24. The Labute approximate surface area is 240 Å². The summed E-state index contributed by atoms with van der Waals surface area (Å²) in [7, 11) is -2.29. The molecule has 0 aliphatic carbocycles. The van der Waals surface area contributed by atoms with Crippen LogP contribution in [0, 0.1) is 0 Å². The zero-order valence-corrected chi connectivity index (χ0v) is 23.9. The van der Waals surface area contributed by atoms with Gasteiger partial charge in [0.05, 0.1) is 11.7 Å². The third-order valence-corrected chi connectivity index (χ3v) is 7.76. The molecule has 12 heteroatoms. The van der Waals surface area contributed by atoms with E-state index in [1.54, 1.807) is 37.4 Å². The molecule has 0 aliphatic heterocycles. The maximum Gasteiger partial charge on any atom is 0.322 e. The van der Waals surface area contributed by atoms with Crippen LogP contribution in [-0.2, 0) is 30.8 Å². The van der Waals surface area contributed by atoms with E-state index in [9.17, 15) is 22.8 Å². The predicted molar refractivity (Wildman–Crippen MR) is 155 cm³/mol. The maximum atomic E-state index is 13.2. The van der Waals surface area contributed by atoms with Crippen molar-refractivity contribution in [1.82, 2.24) is 14.7 Å². The van der Waals surface area contributed by atoms with Crippen molar-refractivity contribution in [2.24, 2.45) is 0 Å². The minimum absolute atomic E-state index is 0.00274. The van der Waals surface area contributed by atoms with Crippen LogP contribution in [0.1, 0.15) is 56.3 Å². The molecule has 0 fully saturated rings. The minimum atomic E-state index is -3.96. The molecule has 0 bridgehead atoms. The highest BCUT2D eigenvalue weighted by atomic mass is 32.2. The second-order valence-corrected chi connectivity index (χ2v) is 11.2. The van der Waals surface area contributed by atoms with Gasteiger partial charge < -0.3 is 15.3 Å². The van der Waals surface area contributed by atoms with E-state index in [1.165, 1.54) is 29.4 Å². The number of nitrogens with one attached hydrogen (secondary N) is 2. The Morgan fingerprint density at radius 2 is 1.76 bits per heavy atom. The molecule has 0 spiro atoms. The van der Waals surface area contributed by atoms with Crippen LogP contribution < -0.4 is 14.9 Å². The summed E-state index contributed by atoms with van der Waals surface area (Å²) in [6, 6.07) is 14.3. The second-order valence-electron chi connectivity index (χ2n) is 9.52. The zero-order valence-electron chi connectivity index (χ0n) is 23.1. The minimum Gasteiger partial charge on any atom is -0.480 e. The first-order valence-electron chi connectivity index (χ1n) is 13.3. The molecule has 0 aliphatic rings. The molecule has 0 radical (unpaired) electrons. The molecule has 1 unspecified atom stereocenters. The Hall–Kier alpha value is -4.16. The normalized spacial score (nSPS) is 12.0. The largest absolute Gasteiger partial charge is 0.480 e. The number of hydrogen-bond acceptors (Lipinski definition) is 8. The average Bonchev–Trinajstić information content (AvgIpc) is 2.96. The van der Waals surface area contributed by atoms with Gasteiger partial charge >= 0.3 is 5.97 Å². The lowest BCUT2D eigenvalue weighted by molar-refractivity contribution is -0.135. The Bertz CT molecular complexity index is 1430. The molecule has 0 saturated heterocycles. The van der Waals surface area contributed by atoms with E-state index in [2.05, 4.69) is 20.0 Å². The first kappa shape index (κ1) is 31.4. The van der Waals surface area contributed by atoms with Crippen LogP contribution in [0.4, 0.5) is 11.5 Å². The monoisotopic (exact) mass is 581 g/mol. The van der Waals surface area contributed by atoms with Crippen molar-refractivity contribution >= 4 is 39.2 Å². The van der Waals surface area contributed by atoms with Crippen LogP contribution >= 0.6 is 0 Å². The van der Waals surface area contributed by atoms with Gasteiger partial charge in [0.25, 0.3) is 0 Å². The molecule has 3 aromatic rings. The topological polar surface area (TPSA) is 159 Å². The molecule has 41 heavy (non-hydrogen) atoms. The van der Waals surface area contributed by atoms with Crippen LogP contribution in [0.25, 0.3) is 0 Å². The number of carbonyl (C=O) groups is 3. The smallest absolute Gasteiger partial charge is 0.322 e. The van der Waals surface area contributed by atoms with E-state index >= 15 is 0 Å². The number of benzene rings is 1. The summed E-state index contributed by atoms with van der Waals surface area (Å²) in [5, 5.41) is 11.7. The number of aliphatic carboxylic acids is 1. The number of nitrogens with zero attached hydrogens (tertiary/aromatic N) is 3. The maximum absolute atomic E-state index is 13.2. The molecule has 11 nitrogen and oxygen atoms in total. The Balaban J connectivity index is 1.77. The van der Waals surface area contributed by atoms with Crippen LogP contribution in [0.3, 0.4) is 0 Å². The van der Waals surface area contributed by atoms with E-state index in [4.69, 9.17) is 5.11 Å². The lowest BCUT2D eigenvalue weighted by Crippen LogP contribution is -2.31. The third-order valence-electron chi connectivity index (χ3n) is 6.30. The molecule has 3 N–H and O–H groups in total. The number of amides is 1. The number of carbonyl (C=O) groups excluding carboxylic acids is 2. The van der Waals surface area contributed by atoms with Gasteiger partial charge in [-0.2, -0.15) is 0 Å². The predicted octanol–water partition coefficient (Wildman–Crippen LogP) is 3.74. The van der Waals surface area contributed by atoms with Gasteiger partial charge in [-0.05, 0) is 61.2 Å². The molecule has 1 atom stereocenters. The molecule has 1 aromatic carbocycles. The highest BCUT2D eigenvalue weighted by molar-refractivity contribution is 7.89. The standard InChI is InChI=1S/C29H35N5O6S/c1-3-7-23(35)8-4-12-28(36)34(2)22-15-13-21(14-16-22)18-26(33-41(39,40)24-9-6-17-30-19-24)25-10-5-11-27(32-25)31-20-29(37)38/h5-6,9-11,13-17,19,26,33H,3-4,7-8,12,18,20H2,1-2H3,(H,31,32)(H,37,38). The molecule has 0 saturated carbocycles. The van der Waals surface area contributed by atoms with E-state index in [0.717, 1.165) is 12.0 Å². The van der Waals surface area contributed by atoms with Crippen molar-refractivity contribution in [3.05, 3.63) is 78.2 Å². The summed E-state index contributed by atoms with van der Waals surface area (Å²) in [4.78, 5) is 45.2. The number of rotatable bonds is 16.